The number of aromatic nitrogens is 1. The van der Waals surface area contributed by atoms with Gasteiger partial charge in [-0.05, 0) is 12.5 Å². The maximum atomic E-state index is 11.6. The van der Waals surface area contributed by atoms with Gasteiger partial charge in [-0.1, -0.05) is 29.8 Å². The number of ether oxygens (including phenoxy) is 3. The fraction of sp³-hybridized carbons (Fsp3) is 0.409. The Bertz CT molecular complexity index is 930. The third-order valence-corrected chi connectivity index (χ3v) is 5.03. The highest BCUT2D eigenvalue weighted by molar-refractivity contribution is 5.80. The molecule has 2 saturated heterocycles. The van der Waals surface area contributed by atoms with Gasteiger partial charge in [0.1, 0.15) is 24.8 Å². The zero-order valence-electron chi connectivity index (χ0n) is 17.6. The van der Waals surface area contributed by atoms with E-state index in [4.69, 9.17) is 14.2 Å². The van der Waals surface area contributed by atoms with Crippen LogP contribution in [0.15, 0.2) is 41.5 Å². The number of cyclic esters (lactones) is 1. The number of anilines is 2. The van der Waals surface area contributed by atoms with Crippen molar-refractivity contribution in [2.45, 2.75) is 6.92 Å². The number of nitrogens with one attached hydrogen (secondary N) is 1. The molecule has 0 aliphatic carbocycles. The average molecular weight is 425 g/mol. The van der Waals surface area contributed by atoms with Gasteiger partial charge in [0.2, 0.25) is 0 Å². The largest absolute Gasteiger partial charge is 0.491 e. The minimum Gasteiger partial charge on any atom is -0.491 e. The van der Waals surface area contributed by atoms with Gasteiger partial charge in [-0.2, -0.15) is 5.10 Å². The van der Waals surface area contributed by atoms with Crippen LogP contribution in [0.4, 0.5) is 16.4 Å². The zero-order chi connectivity index (χ0) is 21.5. The molecule has 3 heterocycles. The summed E-state index contributed by atoms with van der Waals surface area (Å²) in [7, 11) is 0. The first-order valence-electron chi connectivity index (χ1n) is 10.4. The Balaban J connectivity index is 1.45. The third-order valence-electron chi connectivity index (χ3n) is 5.03. The van der Waals surface area contributed by atoms with Crippen molar-refractivity contribution in [3.8, 4) is 5.75 Å². The van der Waals surface area contributed by atoms with E-state index in [2.05, 4.69) is 26.5 Å². The lowest BCUT2D eigenvalue weighted by atomic mass is 10.2. The monoisotopic (exact) mass is 425 g/mol. The second-order valence-electron chi connectivity index (χ2n) is 7.38. The summed E-state index contributed by atoms with van der Waals surface area (Å²) in [5.74, 6) is 2.05. The number of pyridine rings is 1. The van der Waals surface area contributed by atoms with Gasteiger partial charge < -0.3 is 24.0 Å². The van der Waals surface area contributed by atoms with Crippen molar-refractivity contribution < 1.29 is 19.0 Å². The van der Waals surface area contributed by atoms with Crippen molar-refractivity contribution >= 4 is 23.9 Å². The smallest absolute Gasteiger partial charge is 0.410 e. The minimum absolute atomic E-state index is 0.292. The molecule has 0 atom stereocenters. The van der Waals surface area contributed by atoms with E-state index in [1.54, 1.807) is 17.2 Å². The Morgan fingerprint density at radius 1 is 1.19 bits per heavy atom. The molecule has 4 rings (SSSR count). The van der Waals surface area contributed by atoms with Crippen LogP contribution < -0.4 is 15.1 Å². The molecule has 9 nitrogen and oxygen atoms in total. The lowest BCUT2D eigenvalue weighted by Crippen LogP contribution is -2.36. The lowest BCUT2D eigenvalue weighted by molar-refractivity contribution is 0.122. The summed E-state index contributed by atoms with van der Waals surface area (Å²) in [5.41, 5.74) is 5.19. The normalized spacial score (nSPS) is 16.6. The molecule has 0 saturated carbocycles. The molecule has 31 heavy (non-hydrogen) atoms. The van der Waals surface area contributed by atoms with Crippen LogP contribution in [0.25, 0.3) is 0 Å². The van der Waals surface area contributed by atoms with E-state index >= 15 is 0 Å². The number of nitrogens with zero attached hydrogens (tertiary/aromatic N) is 4. The number of carbonyl (C=O) groups is 1. The number of hydrogen-bond donors (Lipinski definition) is 1. The summed E-state index contributed by atoms with van der Waals surface area (Å²) in [5, 5.41) is 4.33. The number of aryl methyl sites for hydroxylation is 1. The molecule has 1 aromatic heterocycles. The first-order valence-corrected chi connectivity index (χ1v) is 10.4. The molecule has 0 radical (unpaired) electrons. The predicted octanol–water partition coefficient (Wildman–Crippen LogP) is 2.50. The van der Waals surface area contributed by atoms with Gasteiger partial charge in [-0.3, -0.25) is 5.43 Å². The van der Waals surface area contributed by atoms with Gasteiger partial charge in [0, 0.05) is 25.2 Å². The molecule has 0 spiro atoms. The molecular formula is C22H27N5O4. The highest BCUT2D eigenvalue weighted by Crippen LogP contribution is 2.24. The molecule has 1 N–H and O–H groups in total. The third kappa shape index (κ3) is 5.85. The van der Waals surface area contributed by atoms with E-state index in [-0.39, 0.29) is 6.09 Å². The van der Waals surface area contributed by atoms with E-state index in [0.29, 0.717) is 51.1 Å². The van der Waals surface area contributed by atoms with Crippen LogP contribution in [-0.4, -0.2) is 74.8 Å². The van der Waals surface area contributed by atoms with Crippen LogP contribution in [0.3, 0.4) is 0 Å². The quantitative estimate of drug-likeness (QED) is 0.513. The van der Waals surface area contributed by atoms with Crippen molar-refractivity contribution in [1.29, 1.82) is 0 Å². The molecule has 9 heteroatoms. The van der Waals surface area contributed by atoms with Crippen molar-refractivity contribution in [1.82, 2.24) is 9.88 Å². The molecule has 1 amide bonds. The standard InChI is InChI=1S/C22H27N5O4/c1-17-3-2-4-18(13-17)16-23-25-20-14-19(30-11-7-27-8-12-31-22(27)28)15-21(24-20)26-5-9-29-10-6-26/h2-4,13-16H,5-12H2,1H3,(H,24,25)/b23-16+. The maximum absolute atomic E-state index is 11.6. The van der Waals surface area contributed by atoms with Crippen LogP contribution in [0.5, 0.6) is 5.75 Å². The van der Waals surface area contributed by atoms with Crippen molar-refractivity contribution in [3.63, 3.8) is 0 Å². The molecule has 0 unspecified atom stereocenters. The van der Waals surface area contributed by atoms with Gasteiger partial charge in [-0.15, -0.1) is 0 Å². The van der Waals surface area contributed by atoms with Crippen molar-refractivity contribution in [2.75, 3.05) is 62.9 Å². The van der Waals surface area contributed by atoms with E-state index in [9.17, 15) is 4.79 Å². The van der Waals surface area contributed by atoms with E-state index in [1.165, 1.54) is 5.56 Å². The molecule has 164 valence electrons. The first-order chi connectivity index (χ1) is 15.2. The first kappa shape index (κ1) is 20.9. The molecule has 0 bridgehead atoms. The Morgan fingerprint density at radius 2 is 2.06 bits per heavy atom. The Morgan fingerprint density at radius 3 is 2.84 bits per heavy atom. The maximum Gasteiger partial charge on any atom is 0.410 e. The fourth-order valence-electron chi connectivity index (χ4n) is 3.41. The summed E-state index contributed by atoms with van der Waals surface area (Å²) < 4.78 is 16.3. The van der Waals surface area contributed by atoms with Crippen LogP contribution in [-0.2, 0) is 9.47 Å². The predicted molar refractivity (Wildman–Crippen MR) is 118 cm³/mol. The zero-order valence-corrected chi connectivity index (χ0v) is 17.6. The van der Waals surface area contributed by atoms with Gasteiger partial charge >= 0.3 is 6.09 Å². The topological polar surface area (TPSA) is 88.5 Å². The number of rotatable bonds is 8. The number of morpholine rings is 1. The Kier molecular flexibility index (Phi) is 6.83. The van der Waals surface area contributed by atoms with Crippen LogP contribution >= 0.6 is 0 Å². The fourth-order valence-corrected chi connectivity index (χ4v) is 3.41. The van der Waals surface area contributed by atoms with E-state index in [1.807, 2.05) is 31.2 Å². The molecule has 1 aromatic carbocycles. The van der Waals surface area contributed by atoms with Gasteiger partial charge in [0.05, 0.1) is 32.5 Å². The molecule has 2 aromatic rings. The summed E-state index contributed by atoms with van der Waals surface area (Å²) in [4.78, 5) is 20.1. The summed E-state index contributed by atoms with van der Waals surface area (Å²) >= 11 is 0. The molecule has 2 aliphatic rings. The highest BCUT2D eigenvalue weighted by atomic mass is 16.6. The van der Waals surface area contributed by atoms with Crippen LogP contribution in [0.1, 0.15) is 11.1 Å². The van der Waals surface area contributed by atoms with Gasteiger partial charge in [0.25, 0.3) is 0 Å². The molecule has 2 aliphatic heterocycles. The van der Waals surface area contributed by atoms with Crippen molar-refractivity contribution in [2.24, 2.45) is 5.10 Å². The highest BCUT2D eigenvalue weighted by Gasteiger charge is 2.21. The lowest BCUT2D eigenvalue weighted by Gasteiger charge is -2.28. The second kappa shape index (κ2) is 10.1. The number of carbonyl (C=O) groups excluding carboxylic acids is 1. The summed E-state index contributed by atoms with van der Waals surface area (Å²) in [6.07, 6.45) is 1.47. The van der Waals surface area contributed by atoms with Gasteiger partial charge in [0.15, 0.2) is 5.82 Å². The van der Waals surface area contributed by atoms with Gasteiger partial charge in [-0.25, -0.2) is 9.78 Å². The molecule has 2 fully saturated rings. The number of benzene rings is 1. The van der Waals surface area contributed by atoms with E-state index < -0.39 is 0 Å². The SMILES string of the molecule is Cc1cccc(/C=N/Nc2cc(OCCN3CCOC3=O)cc(N3CCOCC3)n2)c1. The van der Waals surface area contributed by atoms with Crippen molar-refractivity contribution in [3.05, 3.63) is 47.5 Å². The Hall–Kier alpha value is -3.33. The number of hydrazone groups is 1. The van der Waals surface area contributed by atoms with E-state index in [0.717, 1.165) is 24.5 Å². The minimum atomic E-state index is -0.292. The summed E-state index contributed by atoms with van der Waals surface area (Å²) in [6, 6.07) is 11.8. The Labute approximate surface area is 181 Å². The number of hydrogen-bond acceptors (Lipinski definition) is 8. The number of amides is 1. The average Bonchev–Trinajstić information content (AvgIpc) is 3.19. The second-order valence-corrected chi connectivity index (χ2v) is 7.38. The summed E-state index contributed by atoms with van der Waals surface area (Å²) in [6.45, 7) is 6.78. The van der Waals surface area contributed by atoms with Crippen LogP contribution in [0.2, 0.25) is 0 Å². The molecular weight excluding hydrogens is 398 g/mol. The van der Waals surface area contributed by atoms with Crippen LogP contribution in [0, 0.1) is 6.92 Å².